The Labute approximate surface area is 241 Å². The van der Waals surface area contributed by atoms with Crippen molar-refractivity contribution in [3.05, 3.63) is 70.4 Å². The summed E-state index contributed by atoms with van der Waals surface area (Å²) in [6.45, 7) is 3.50. The number of urea groups is 1. The molecule has 2 aromatic carbocycles. The Balaban J connectivity index is 1.57. The number of esters is 1. The molecule has 1 atom stereocenters. The summed E-state index contributed by atoms with van der Waals surface area (Å²) in [4.78, 5) is 44.3. The van der Waals surface area contributed by atoms with Gasteiger partial charge in [0, 0.05) is 57.1 Å². The van der Waals surface area contributed by atoms with Gasteiger partial charge in [-0.05, 0) is 48.9 Å². The van der Waals surface area contributed by atoms with E-state index in [0.717, 1.165) is 12.1 Å². The second-order valence-electron chi connectivity index (χ2n) is 9.81. The number of nitrogens with one attached hydrogen (secondary N) is 1. The number of methoxy groups -OCH3 is 2. The fourth-order valence-electron chi connectivity index (χ4n) is 4.95. The highest BCUT2D eigenvalue weighted by Crippen LogP contribution is 2.35. The van der Waals surface area contributed by atoms with Crippen LogP contribution in [0.4, 0.5) is 18.0 Å². The molecule has 42 heavy (non-hydrogen) atoms. The molecule has 1 N–H and O–H groups in total. The lowest BCUT2D eigenvalue weighted by Gasteiger charge is -2.39. The highest BCUT2D eigenvalue weighted by Gasteiger charge is 2.38. The summed E-state index contributed by atoms with van der Waals surface area (Å²) in [6, 6.07) is 7.99. The highest BCUT2D eigenvalue weighted by atomic mass is 19.4. The molecular weight excluding hydrogens is 557 g/mol. The lowest BCUT2D eigenvalue weighted by Crippen LogP contribution is -2.53. The molecule has 0 aliphatic carbocycles. The van der Waals surface area contributed by atoms with Crippen molar-refractivity contribution in [2.75, 3.05) is 60.6 Å². The van der Waals surface area contributed by atoms with Crippen molar-refractivity contribution in [1.29, 1.82) is 0 Å². The lowest BCUT2D eigenvalue weighted by atomic mass is 9.93. The smallest absolute Gasteiger partial charge is 0.416 e. The number of halogens is 3. The minimum absolute atomic E-state index is 0.131. The third kappa shape index (κ3) is 6.62. The van der Waals surface area contributed by atoms with Gasteiger partial charge in [-0.1, -0.05) is 0 Å². The Hall–Kier alpha value is -4.26. The van der Waals surface area contributed by atoms with E-state index in [9.17, 15) is 27.6 Å². The molecule has 4 rings (SSSR count). The van der Waals surface area contributed by atoms with E-state index in [-0.39, 0.29) is 30.2 Å². The van der Waals surface area contributed by atoms with Gasteiger partial charge in [0.15, 0.2) is 0 Å². The summed E-state index contributed by atoms with van der Waals surface area (Å²) < 4.78 is 54.9. The molecule has 0 radical (unpaired) electrons. The SMILES string of the molecule is CCOC(=O)C1=C(CN2CCN(C(=O)c3ccc(C(F)(F)F)cc3)CC2)N(C)C(=O)N[C@H]1c1cc(OC)cc(OC)c1. The van der Waals surface area contributed by atoms with Crippen LogP contribution in [0.2, 0.25) is 0 Å². The van der Waals surface area contributed by atoms with Crippen LogP contribution in [0.1, 0.15) is 34.5 Å². The second kappa shape index (κ2) is 12.7. The van der Waals surface area contributed by atoms with Crippen LogP contribution >= 0.6 is 0 Å². The van der Waals surface area contributed by atoms with Gasteiger partial charge in [0.25, 0.3) is 5.91 Å². The first-order valence-electron chi connectivity index (χ1n) is 13.3. The van der Waals surface area contributed by atoms with Crippen LogP contribution in [0.5, 0.6) is 11.5 Å². The number of alkyl halides is 3. The number of ether oxygens (including phenoxy) is 3. The lowest BCUT2D eigenvalue weighted by molar-refractivity contribution is -0.139. The zero-order valence-corrected chi connectivity index (χ0v) is 23.8. The van der Waals surface area contributed by atoms with Crippen molar-refractivity contribution < 1.29 is 41.8 Å². The molecule has 0 saturated carbocycles. The van der Waals surface area contributed by atoms with Crippen molar-refractivity contribution in [3.63, 3.8) is 0 Å². The summed E-state index contributed by atoms with van der Waals surface area (Å²) in [5, 5.41) is 2.87. The molecule has 226 valence electrons. The topological polar surface area (TPSA) is 101 Å². The van der Waals surface area contributed by atoms with Crippen molar-refractivity contribution in [2.24, 2.45) is 0 Å². The van der Waals surface area contributed by atoms with Crippen molar-refractivity contribution in [3.8, 4) is 11.5 Å². The van der Waals surface area contributed by atoms with Gasteiger partial charge in [-0.15, -0.1) is 0 Å². The van der Waals surface area contributed by atoms with Gasteiger partial charge in [0.2, 0.25) is 0 Å². The van der Waals surface area contributed by atoms with E-state index in [1.165, 1.54) is 31.3 Å². The standard InChI is InChI=1S/C29H33F3N4O6/c1-5-42-27(38)24-23(34(2)28(39)33-25(24)19-14-21(40-3)16-22(15-19)41-4)17-35-10-12-36(13-11-35)26(37)18-6-8-20(9-7-18)29(30,31)32/h6-9,14-16,25H,5,10-13,17H2,1-4H3,(H,33,39)/t25-/m0/s1. The van der Waals surface area contributed by atoms with Gasteiger partial charge >= 0.3 is 18.2 Å². The van der Waals surface area contributed by atoms with Crippen molar-refractivity contribution in [1.82, 2.24) is 20.0 Å². The number of carbonyl (C=O) groups is 3. The van der Waals surface area contributed by atoms with E-state index in [1.807, 2.05) is 4.90 Å². The molecule has 0 bridgehead atoms. The van der Waals surface area contributed by atoms with Gasteiger partial charge in [-0.3, -0.25) is 14.6 Å². The molecule has 2 heterocycles. The molecule has 3 amide bonds. The molecule has 0 unspecified atom stereocenters. The van der Waals surface area contributed by atoms with Gasteiger partial charge in [0.1, 0.15) is 11.5 Å². The molecular formula is C29H33F3N4O6. The molecule has 10 nitrogen and oxygen atoms in total. The summed E-state index contributed by atoms with van der Waals surface area (Å²) in [5.74, 6) is 0.0190. The molecule has 0 aromatic heterocycles. The van der Waals surface area contributed by atoms with Gasteiger partial charge in [-0.2, -0.15) is 13.2 Å². The molecule has 1 fully saturated rings. The monoisotopic (exact) mass is 590 g/mol. The summed E-state index contributed by atoms with van der Waals surface area (Å²) >= 11 is 0. The minimum atomic E-state index is -4.48. The van der Waals surface area contributed by atoms with Crippen LogP contribution < -0.4 is 14.8 Å². The van der Waals surface area contributed by atoms with Crippen LogP contribution in [0.3, 0.4) is 0 Å². The summed E-state index contributed by atoms with van der Waals surface area (Å²) in [7, 11) is 4.57. The molecule has 2 aliphatic rings. The zero-order chi connectivity index (χ0) is 30.6. The van der Waals surface area contributed by atoms with E-state index in [0.29, 0.717) is 48.9 Å². The zero-order valence-electron chi connectivity index (χ0n) is 23.8. The van der Waals surface area contributed by atoms with E-state index in [4.69, 9.17) is 14.2 Å². The normalized spacial score (nSPS) is 18.1. The fraction of sp³-hybridized carbons (Fsp3) is 0.414. The van der Waals surface area contributed by atoms with Crippen LogP contribution in [-0.4, -0.2) is 93.2 Å². The first-order chi connectivity index (χ1) is 20.0. The van der Waals surface area contributed by atoms with Crippen LogP contribution in [0.15, 0.2) is 53.7 Å². The average Bonchev–Trinajstić information content (AvgIpc) is 2.98. The van der Waals surface area contributed by atoms with Gasteiger partial charge in [0.05, 0.1) is 38.0 Å². The van der Waals surface area contributed by atoms with Crippen molar-refractivity contribution in [2.45, 2.75) is 19.1 Å². The number of piperazine rings is 1. The third-order valence-electron chi connectivity index (χ3n) is 7.27. The number of benzene rings is 2. The average molecular weight is 591 g/mol. The molecule has 1 saturated heterocycles. The number of amides is 3. The Morgan fingerprint density at radius 2 is 1.57 bits per heavy atom. The summed E-state index contributed by atoms with van der Waals surface area (Å²) in [5.41, 5.74) is 0.633. The number of hydrogen-bond acceptors (Lipinski definition) is 7. The van der Waals surface area contributed by atoms with Crippen LogP contribution in [0.25, 0.3) is 0 Å². The largest absolute Gasteiger partial charge is 0.497 e. The Kier molecular flexibility index (Phi) is 9.30. The van der Waals surface area contributed by atoms with E-state index >= 15 is 0 Å². The fourth-order valence-corrected chi connectivity index (χ4v) is 4.95. The number of carbonyl (C=O) groups excluding carboxylic acids is 3. The van der Waals surface area contributed by atoms with E-state index in [1.54, 1.807) is 37.1 Å². The number of likely N-dealkylation sites (N-methyl/N-ethyl adjacent to an activating group) is 1. The van der Waals surface area contributed by atoms with Crippen molar-refractivity contribution >= 4 is 17.9 Å². The second-order valence-corrected chi connectivity index (χ2v) is 9.81. The molecule has 2 aromatic rings. The summed E-state index contributed by atoms with van der Waals surface area (Å²) in [6.07, 6.45) is -4.48. The predicted octanol–water partition coefficient (Wildman–Crippen LogP) is 3.69. The third-order valence-corrected chi connectivity index (χ3v) is 7.27. The van der Waals surface area contributed by atoms with Gasteiger partial charge in [-0.25, -0.2) is 9.59 Å². The molecule has 0 spiro atoms. The number of hydrogen-bond donors (Lipinski definition) is 1. The maximum Gasteiger partial charge on any atom is 0.416 e. The Bertz CT molecular complexity index is 1330. The first-order valence-corrected chi connectivity index (χ1v) is 13.3. The van der Waals surface area contributed by atoms with Crippen LogP contribution in [0, 0.1) is 0 Å². The molecule has 2 aliphatic heterocycles. The predicted molar refractivity (Wildman–Crippen MR) is 146 cm³/mol. The van der Waals surface area contributed by atoms with E-state index < -0.39 is 29.8 Å². The number of nitrogens with zero attached hydrogens (tertiary/aromatic N) is 3. The van der Waals surface area contributed by atoms with Crippen LogP contribution in [-0.2, 0) is 15.7 Å². The van der Waals surface area contributed by atoms with Gasteiger partial charge < -0.3 is 24.4 Å². The maximum absolute atomic E-state index is 13.3. The Morgan fingerprint density at radius 3 is 2.10 bits per heavy atom. The number of rotatable bonds is 8. The maximum atomic E-state index is 13.3. The van der Waals surface area contributed by atoms with E-state index in [2.05, 4.69) is 5.32 Å². The highest BCUT2D eigenvalue weighted by molar-refractivity contribution is 5.95. The minimum Gasteiger partial charge on any atom is -0.497 e. The quantitative estimate of drug-likeness (QED) is 0.468. The first kappa shape index (κ1) is 30.7. The Morgan fingerprint density at radius 1 is 0.976 bits per heavy atom. The molecule has 13 heteroatoms.